The third-order valence-electron chi connectivity index (χ3n) is 3.68. The molecule has 2 rings (SSSR count). The summed E-state index contributed by atoms with van der Waals surface area (Å²) < 4.78 is 22.6. The molecule has 0 unspecified atom stereocenters. The van der Waals surface area contributed by atoms with Crippen LogP contribution in [0.2, 0.25) is 0 Å². The molecule has 8 nitrogen and oxygen atoms in total. The lowest BCUT2D eigenvalue weighted by atomic mass is 9.92. The van der Waals surface area contributed by atoms with Gasteiger partial charge >= 0.3 is 11.8 Å². The van der Waals surface area contributed by atoms with E-state index in [1.165, 1.54) is 10.9 Å². The summed E-state index contributed by atoms with van der Waals surface area (Å²) in [4.78, 5) is 27.8. The number of ether oxygens (including phenoxy) is 1. The fraction of sp³-hybridized carbons (Fsp3) is 0.412. The summed E-state index contributed by atoms with van der Waals surface area (Å²) in [6, 6.07) is 1.82. The summed E-state index contributed by atoms with van der Waals surface area (Å²) in [5, 5.41) is 4.03. The lowest BCUT2D eigenvalue weighted by Crippen LogP contribution is -2.28. The molecule has 0 atom stereocenters. The van der Waals surface area contributed by atoms with Gasteiger partial charge in [0.2, 0.25) is 0 Å². The number of hydrogen-bond donors (Lipinski definition) is 1. The lowest BCUT2D eigenvalue weighted by Gasteiger charge is -2.20. The summed E-state index contributed by atoms with van der Waals surface area (Å²) in [6.07, 6.45) is 1.85. The van der Waals surface area contributed by atoms with Gasteiger partial charge in [0.25, 0.3) is 0 Å². The van der Waals surface area contributed by atoms with Crippen LogP contribution in [0.25, 0.3) is 5.82 Å². The van der Waals surface area contributed by atoms with E-state index in [0.29, 0.717) is 5.82 Å². The standard InChI is InChI=1S/C17H21BrFN5O3/c1-10-5-12(18)6-21-14(10)23-9-22-24(16(23)26)7-11(8-27-15(20)25)13(19)17(2,3)4/h5-6,9H,7-8H2,1-4H3,(H2,20,25)/b13-11+. The van der Waals surface area contributed by atoms with Crippen LogP contribution in [0.5, 0.6) is 0 Å². The lowest BCUT2D eigenvalue weighted by molar-refractivity contribution is 0.163. The molecular weight excluding hydrogens is 421 g/mol. The number of nitrogens with two attached hydrogens (primary N) is 1. The van der Waals surface area contributed by atoms with Crippen molar-refractivity contribution in [1.82, 2.24) is 19.3 Å². The third kappa shape index (κ3) is 5.03. The minimum Gasteiger partial charge on any atom is -0.445 e. The van der Waals surface area contributed by atoms with E-state index in [1.54, 1.807) is 27.0 Å². The summed E-state index contributed by atoms with van der Waals surface area (Å²) >= 11 is 3.32. The first kappa shape index (κ1) is 20.8. The van der Waals surface area contributed by atoms with Gasteiger partial charge in [-0.2, -0.15) is 5.10 Å². The fourth-order valence-corrected chi connectivity index (χ4v) is 2.87. The second-order valence-corrected chi connectivity index (χ2v) is 7.93. The number of carbonyl (C=O) groups is 1. The average Bonchev–Trinajstić information content (AvgIpc) is 2.90. The maximum absolute atomic E-state index is 14.8. The molecule has 10 heteroatoms. The van der Waals surface area contributed by atoms with Crippen molar-refractivity contribution < 1.29 is 13.9 Å². The van der Waals surface area contributed by atoms with Gasteiger partial charge in [-0.1, -0.05) is 20.8 Å². The largest absolute Gasteiger partial charge is 0.445 e. The zero-order chi connectivity index (χ0) is 20.4. The highest BCUT2D eigenvalue weighted by atomic mass is 79.9. The Balaban J connectivity index is 2.41. The van der Waals surface area contributed by atoms with Crippen molar-refractivity contribution in [3.63, 3.8) is 0 Å². The Morgan fingerprint density at radius 3 is 2.63 bits per heavy atom. The third-order valence-corrected chi connectivity index (χ3v) is 4.11. The van der Waals surface area contributed by atoms with Crippen molar-refractivity contribution in [2.45, 2.75) is 34.2 Å². The van der Waals surface area contributed by atoms with Crippen LogP contribution in [-0.4, -0.2) is 32.0 Å². The second-order valence-electron chi connectivity index (χ2n) is 7.01. The maximum Gasteiger partial charge on any atom is 0.404 e. The SMILES string of the molecule is Cc1cc(Br)cnc1-n1cnn(C/C(COC(N)=O)=C(\F)C(C)(C)C)c1=O. The molecule has 146 valence electrons. The Bertz CT molecular complexity index is 943. The zero-order valence-electron chi connectivity index (χ0n) is 15.5. The molecule has 0 bridgehead atoms. The normalized spacial score (nSPS) is 12.7. The second kappa shape index (κ2) is 8.03. The number of rotatable bonds is 5. The number of nitrogens with zero attached hydrogens (tertiary/aromatic N) is 4. The maximum atomic E-state index is 14.8. The number of pyridine rings is 1. The highest BCUT2D eigenvalue weighted by Gasteiger charge is 2.23. The number of carbonyl (C=O) groups excluding carboxylic acids is 1. The molecule has 1 amide bonds. The summed E-state index contributed by atoms with van der Waals surface area (Å²) in [5.41, 5.74) is 4.52. The molecule has 2 aromatic rings. The quantitative estimate of drug-likeness (QED) is 0.767. The van der Waals surface area contributed by atoms with Crippen molar-refractivity contribution >= 4 is 22.0 Å². The van der Waals surface area contributed by atoms with Crippen LogP contribution >= 0.6 is 15.9 Å². The van der Waals surface area contributed by atoms with Gasteiger partial charge in [-0.05, 0) is 34.5 Å². The highest BCUT2D eigenvalue weighted by molar-refractivity contribution is 9.10. The van der Waals surface area contributed by atoms with Gasteiger partial charge in [-0.15, -0.1) is 0 Å². The van der Waals surface area contributed by atoms with Gasteiger partial charge in [-0.25, -0.2) is 28.2 Å². The van der Waals surface area contributed by atoms with Gasteiger partial charge in [0.1, 0.15) is 24.6 Å². The molecule has 0 saturated carbocycles. The first-order chi connectivity index (χ1) is 12.5. The Labute approximate surface area is 164 Å². The molecule has 27 heavy (non-hydrogen) atoms. The van der Waals surface area contributed by atoms with E-state index in [1.807, 2.05) is 13.0 Å². The van der Waals surface area contributed by atoms with Crippen LogP contribution in [0.3, 0.4) is 0 Å². The van der Waals surface area contributed by atoms with Gasteiger partial charge < -0.3 is 10.5 Å². The van der Waals surface area contributed by atoms with Crippen LogP contribution in [0.1, 0.15) is 26.3 Å². The number of halogens is 2. The molecule has 2 aromatic heterocycles. The molecular formula is C17H21BrFN5O3. The van der Waals surface area contributed by atoms with E-state index in [4.69, 9.17) is 10.5 Å². The van der Waals surface area contributed by atoms with E-state index in [0.717, 1.165) is 14.7 Å². The molecule has 0 aliphatic heterocycles. The topological polar surface area (TPSA) is 105 Å². The Morgan fingerprint density at radius 1 is 1.41 bits per heavy atom. The van der Waals surface area contributed by atoms with Crippen molar-refractivity contribution in [3.8, 4) is 5.82 Å². The molecule has 2 heterocycles. The van der Waals surface area contributed by atoms with E-state index >= 15 is 0 Å². The van der Waals surface area contributed by atoms with Crippen molar-refractivity contribution in [2.75, 3.05) is 6.61 Å². The van der Waals surface area contributed by atoms with Gasteiger partial charge in [0.15, 0.2) is 0 Å². The molecule has 0 fully saturated rings. The minimum absolute atomic E-state index is 0.106. The summed E-state index contributed by atoms with van der Waals surface area (Å²) in [7, 11) is 0. The molecule has 2 N–H and O–H groups in total. The van der Waals surface area contributed by atoms with Crippen molar-refractivity contribution in [3.05, 3.63) is 50.5 Å². The molecule has 0 aliphatic rings. The van der Waals surface area contributed by atoms with E-state index in [2.05, 4.69) is 26.0 Å². The predicted molar refractivity (Wildman–Crippen MR) is 101 cm³/mol. The highest BCUT2D eigenvalue weighted by Crippen LogP contribution is 2.29. The van der Waals surface area contributed by atoms with Crippen LogP contribution in [0, 0.1) is 12.3 Å². The zero-order valence-corrected chi connectivity index (χ0v) is 17.1. The predicted octanol–water partition coefficient (Wildman–Crippen LogP) is 2.86. The number of primary amides is 1. The van der Waals surface area contributed by atoms with Crippen LogP contribution in [-0.2, 0) is 11.3 Å². The first-order valence-corrected chi connectivity index (χ1v) is 8.87. The molecule has 0 aliphatic carbocycles. The monoisotopic (exact) mass is 441 g/mol. The van der Waals surface area contributed by atoms with Crippen LogP contribution in [0.15, 0.2) is 39.3 Å². The Kier molecular flexibility index (Phi) is 6.19. The van der Waals surface area contributed by atoms with Crippen LogP contribution < -0.4 is 11.4 Å². The van der Waals surface area contributed by atoms with E-state index < -0.39 is 23.0 Å². The van der Waals surface area contributed by atoms with Crippen LogP contribution in [0.4, 0.5) is 9.18 Å². The van der Waals surface area contributed by atoms with Crippen molar-refractivity contribution in [1.29, 1.82) is 0 Å². The Morgan fingerprint density at radius 2 is 2.07 bits per heavy atom. The molecule has 0 aromatic carbocycles. The van der Waals surface area contributed by atoms with Gasteiger partial charge in [0.05, 0.1) is 6.54 Å². The minimum atomic E-state index is -1.03. The number of aromatic nitrogens is 4. The number of aryl methyl sites for hydroxylation is 1. The fourth-order valence-electron chi connectivity index (χ4n) is 2.42. The molecule has 0 saturated heterocycles. The summed E-state index contributed by atoms with van der Waals surface area (Å²) in [5.74, 6) is -0.0761. The average molecular weight is 442 g/mol. The van der Waals surface area contributed by atoms with E-state index in [-0.39, 0.29) is 18.7 Å². The number of hydrogen-bond acceptors (Lipinski definition) is 5. The Hall–Kier alpha value is -2.49. The van der Waals surface area contributed by atoms with E-state index in [9.17, 15) is 14.0 Å². The first-order valence-electron chi connectivity index (χ1n) is 8.08. The molecule has 0 radical (unpaired) electrons. The van der Waals surface area contributed by atoms with Gasteiger partial charge in [0, 0.05) is 21.7 Å². The molecule has 0 spiro atoms. The van der Waals surface area contributed by atoms with Crippen molar-refractivity contribution in [2.24, 2.45) is 11.1 Å². The number of amides is 1. The van der Waals surface area contributed by atoms with Gasteiger partial charge in [-0.3, -0.25) is 0 Å². The summed E-state index contributed by atoms with van der Waals surface area (Å²) in [6.45, 7) is 6.27. The smallest absolute Gasteiger partial charge is 0.404 e. The number of allylic oxidation sites excluding steroid dienone is 1.